The van der Waals surface area contributed by atoms with Gasteiger partial charge in [-0.2, -0.15) is 5.26 Å². The van der Waals surface area contributed by atoms with E-state index in [1.165, 1.54) is 0 Å². The van der Waals surface area contributed by atoms with Gasteiger partial charge < -0.3 is 9.80 Å². The molecule has 0 radical (unpaired) electrons. The van der Waals surface area contributed by atoms with Gasteiger partial charge in [0.25, 0.3) is 0 Å². The molecule has 0 aliphatic carbocycles. The standard InChI is InChI=1S/C21H19ClN6/c22-16-3-4-17-18(10-16)25-12-20(26-17)27-8-5-14-6-9-28(19(14)13-27)21-15(11-23)2-1-7-24-21/h1-4,7,10,12,14,19H,5-6,8-9,13H2. The molecule has 4 heterocycles. The zero-order valence-corrected chi connectivity index (χ0v) is 16.0. The van der Waals surface area contributed by atoms with Gasteiger partial charge in [0.2, 0.25) is 0 Å². The van der Waals surface area contributed by atoms with Crippen molar-refractivity contribution >= 4 is 34.3 Å². The number of benzene rings is 1. The molecule has 0 N–H and O–H groups in total. The summed E-state index contributed by atoms with van der Waals surface area (Å²) in [6.07, 6.45) is 5.85. The SMILES string of the molecule is N#Cc1cccnc1N1CCC2CCN(c3cnc4cc(Cl)ccc4n3)CC21. The first-order valence-electron chi connectivity index (χ1n) is 9.52. The Morgan fingerprint density at radius 2 is 2.00 bits per heavy atom. The molecule has 2 fully saturated rings. The van der Waals surface area contributed by atoms with E-state index < -0.39 is 0 Å². The van der Waals surface area contributed by atoms with Crippen molar-refractivity contribution in [3.05, 3.63) is 53.3 Å². The van der Waals surface area contributed by atoms with Crippen molar-refractivity contribution in [3.8, 4) is 6.07 Å². The highest BCUT2D eigenvalue weighted by atomic mass is 35.5. The number of hydrogen-bond acceptors (Lipinski definition) is 6. The van der Waals surface area contributed by atoms with Gasteiger partial charge in [-0.05, 0) is 49.1 Å². The lowest BCUT2D eigenvalue weighted by atomic mass is 9.92. The second kappa shape index (κ2) is 6.92. The maximum atomic E-state index is 9.47. The fraction of sp³-hybridized carbons (Fsp3) is 0.333. The maximum Gasteiger partial charge on any atom is 0.147 e. The summed E-state index contributed by atoms with van der Waals surface area (Å²) in [5.41, 5.74) is 2.30. The predicted octanol–water partition coefficient (Wildman–Crippen LogP) is 3.66. The number of hydrogen-bond donors (Lipinski definition) is 0. The largest absolute Gasteiger partial charge is 0.353 e. The van der Waals surface area contributed by atoms with E-state index in [1.807, 2.05) is 36.5 Å². The minimum absolute atomic E-state index is 0.332. The minimum Gasteiger partial charge on any atom is -0.353 e. The Balaban J connectivity index is 1.44. The lowest BCUT2D eigenvalue weighted by molar-refractivity contribution is 0.388. The van der Waals surface area contributed by atoms with E-state index in [-0.39, 0.29) is 0 Å². The van der Waals surface area contributed by atoms with Crippen molar-refractivity contribution < 1.29 is 0 Å². The lowest BCUT2D eigenvalue weighted by Gasteiger charge is -2.39. The normalized spacial score (nSPS) is 21.6. The number of rotatable bonds is 2. The van der Waals surface area contributed by atoms with Crippen molar-refractivity contribution in [2.45, 2.75) is 18.9 Å². The maximum absolute atomic E-state index is 9.47. The summed E-state index contributed by atoms with van der Waals surface area (Å²) in [7, 11) is 0. The molecule has 0 saturated carbocycles. The number of halogens is 1. The van der Waals surface area contributed by atoms with Crippen molar-refractivity contribution in [1.29, 1.82) is 5.26 Å². The molecule has 0 spiro atoms. The van der Waals surface area contributed by atoms with E-state index in [1.54, 1.807) is 6.20 Å². The van der Waals surface area contributed by atoms with E-state index in [0.717, 1.165) is 55.1 Å². The Kier molecular flexibility index (Phi) is 4.25. The van der Waals surface area contributed by atoms with Crippen molar-refractivity contribution in [3.63, 3.8) is 0 Å². The highest BCUT2D eigenvalue weighted by Gasteiger charge is 2.40. The van der Waals surface area contributed by atoms with Crippen molar-refractivity contribution in [1.82, 2.24) is 15.0 Å². The highest BCUT2D eigenvalue weighted by Crippen LogP contribution is 2.36. The topological polar surface area (TPSA) is 68.9 Å². The van der Waals surface area contributed by atoms with Crippen LogP contribution in [0.5, 0.6) is 0 Å². The van der Waals surface area contributed by atoms with E-state index >= 15 is 0 Å². The van der Waals surface area contributed by atoms with E-state index in [2.05, 4.69) is 25.8 Å². The molecular formula is C21H19ClN6. The summed E-state index contributed by atoms with van der Waals surface area (Å²) >= 11 is 6.05. The highest BCUT2D eigenvalue weighted by molar-refractivity contribution is 6.31. The molecule has 2 unspecified atom stereocenters. The summed E-state index contributed by atoms with van der Waals surface area (Å²) < 4.78 is 0. The molecule has 3 aromatic rings. The van der Waals surface area contributed by atoms with E-state index in [0.29, 0.717) is 22.5 Å². The van der Waals surface area contributed by atoms with Gasteiger partial charge in [-0.1, -0.05) is 11.6 Å². The number of nitriles is 1. The smallest absolute Gasteiger partial charge is 0.147 e. The quantitative estimate of drug-likeness (QED) is 0.665. The van der Waals surface area contributed by atoms with Crippen LogP contribution in [0.2, 0.25) is 5.02 Å². The second-order valence-corrected chi connectivity index (χ2v) is 7.83. The van der Waals surface area contributed by atoms with Gasteiger partial charge in [0.15, 0.2) is 0 Å². The third kappa shape index (κ3) is 2.92. The van der Waals surface area contributed by atoms with Crippen LogP contribution < -0.4 is 9.80 Å². The molecule has 2 aliphatic rings. The predicted molar refractivity (Wildman–Crippen MR) is 110 cm³/mol. The number of aromatic nitrogens is 3. The van der Waals surface area contributed by atoms with Gasteiger partial charge in [-0.15, -0.1) is 0 Å². The number of nitrogens with zero attached hydrogens (tertiary/aromatic N) is 6. The molecule has 2 aliphatic heterocycles. The molecule has 7 heteroatoms. The molecule has 0 bridgehead atoms. The van der Waals surface area contributed by atoms with Crippen LogP contribution in [-0.4, -0.2) is 40.6 Å². The number of piperidine rings is 1. The molecule has 28 heavy (non-hydrogen) atoms. The van der Waals surface area contributed by atoms with Crippen LogP contribution >= 0.6 is 11.6 Å². The lowest BCUT2D eigenvalue weighted by Crippen LogP contribution is -2.49. The average Bonchev–Trinajstić information content (AvgIpc) is 3.16. The zero-order chi connectivity index (χ0) is 19.1. The van der Waals surface area contributed by atoms with Gasteiger partial charge in [0.05, 0.1) is 28.8 Å². The summed E-state index contributed by atoms with van der Waals surface area (Å²) in [5, 5.41) is 10.1. The van der Waals surface area contributed by atoms with Crippen LogP contribution in [0.25, 0.3) is 11.0 Å². The Morgan fingerprint density at radius 1 is 1.11 bits per heavy atom. The monoisotopic (exact) mass is 390 g/mol. The van der Waals surface area contributed by atoms with Crippen LogP contribution in [0.15, 0.2) is 42.7 Å². The van der Waals surface area contributed by atoms with Crippen LogP contribution in [0.4, 0.5) is 11.6 Å². The van der Waals surface area contributed by atoms with Gasteiger partial charge in [-0.3, -0.25) is 4.98 Å². The number of anilines is 2. The first-order valence-corrected chi connectivity index (χ1v) is 9.90. The number of fused-ring (bicyclic) bond motifs is 2. The van der Waals surface area contributed by atoms with E-state index in [9.17, 15) is 5.26 Å². The van der Waals surface area contributed by atoms with Gasteiger partial charge in [0.1, 0.15) is 17.7 Å². The molecule has 140 valence electrons. The van der Waals surface area contributed by atoms with Gasteiger partial charge in [-0.25, -0.2) is 9.97 Å². The Hall–Kier alpha value is -2.91. The summed E-state index contributed by atoms with van der Waals surface area (Å²) in [5.74, 6) is 2.32. The van der Waals surface area contributed by atoms with Crippen LogP contribution in [0, 0.1) is 17.2 Å². The molecule has 0 amide bonds. The summed E-state index contributed by atoms with van der Waals surface area (Å²) in [6, 6.07) is 11.9. The van der Waals surface area contributed by atoms with Gasteiger partial charge in [0, 0.05) is 30.9 Å². The van der Waals surface area contributed by atoms with Crippen LogP contribution in [0.1, 0.15) is 18.4 Å². The molecule has 2 atom stereocenters. The van der Waals surface area contributed by atoms with Crippen LogP contribution in [-0.2, 0) is 0 Å². The van der Waals surface area contributed by atoms with Crippen LogP contribution in [0.3, 0.4) is 0 Å². The average molecular weight is 391 g/mol. The first-order chi connectivity index (χ1) is 13.7. The molecule has 1 aromatic carbocycles. The Labute approximate surface area is 168 Å². The third-order valence-electron chi connectivity index (χ3n) is 5.86. The van der Waals surface area contributed by atoms with Crippen molar-refractivity contribution in [2.24, 2.45) is 5.92 Å². The molecule has 2 aromatic heterocycles. The van der Waals surface area contributed by atoms with E-state index in [4.69, 9.17) is 16.6 Å². The summed E-state index contributed by atoms with van der Waals surface area (Å²) in [6.45, 7) is 2.77. The van der Waals surface area contributed by atoms with Gasteiger partial charge >= 0.3 is 0 Å². The second-order valence-electron chi connectivity index (χ2n) is 7.39. The minimum atomic E-state index is 0.332. The Bertz CT molecular complexity index is 1080. The molecule has 5 rings (SSSR count). The first kappa shape index (κ1) is 17.2. The third-order valence-corrected chi connectivity index (χ3v) is 6.09. The van der Waals surface area contributed by atoms with Crippen molar-refractivity contribution in [2.75, 3.05) is 29.4 Å². The zero-order valence-electron chi connectivity index (χ0n) is 15.3. The molecule has 6 nitrogen and oxygen atoms in total. The Morgan fingerprint density at radius 3 is 2.89 bits per heavy atom. The summed E-state index contributed by atoms with van der Waals surface area (Å²) in [4.78, 5) is 18.5. The fourth-order valence-electron chi connectivity index (χ4n) is 4.45. The molecular weight excluding hydrogens is 372 g/mol. The molecule has 2 saturated heterocycles. The number of pyridine rings is 1. The fourth-order valence-corrected chi connectivity index (χ4v) is 4.62.